The van der Waals surface area contributed by atoms with Gasteiger partial charge in [0.15, 0.2) is 0 Å². The Labute approximate surface area is 131 Å². The van der Waals surface area contributed by atoms with Crippen molar-refractivity contribution >= 4 is 0 Å². The van der Waals surface area contributed by atoms with E-state index in [-0.39, 0.29) is 11.9 Å². The zero-order valence-corrected chi connectivity index (χ0v) is 13.1. The summed E-state index contributed by atoms with van der Waals surface area (Å²) in [5.41, 5.74) is 0.749. The molecule has 0 amide bonds. The Bertz CT molecular complexity index is 542. The Morgan fingerprint density at radius 1 is 1.23 bits per heavy atom. The highest BCUT2D eigenvalue weighted by Crippen LogP contribution is 2.19. The predicted octanol–water partition coefficient (Wildman–Crippen LogP) is 2.90. The Morgan fingerprint density at radius 3 is 2.59 bits per heavy atom. The fraction of sp³-hybridized carbons (Fsp3) is 0.471. The van der Waals surface area contributed by atoms with E-state index in [0.717, 1.165) is 18.5 Å². The number of benzene rings is 1. The molecule has 0 bridgehead atoms. The van der Waals surface area contributed by atoms with Gasteiger partial charge in [0.1, 0.15) is 5.82 Å². The maximum absolute atomic E-state index is 12.9. The molecule has 0 aliphatic heterocycles. The number of nitrogens with zero attached hydrogens (tertiary/aromatic N) is 2. The van der Waals surface area contributed by atoms with E-state index in [4.69, 9.17) is 0 Å². The van der Waals surface area contributed by atoms with Gasteiger partial charge in [-0.1, -0.05) is 12.1 Å². The molecule has 2 aromatic rings. The lowest BCUT2D eigenvalue weighted by Gasteiger charge is -2.22. The molecule has 3 unspecified atom stereocenters. The number of nitrogens with one attached hydrogen (secondary N) is 1. The van der Waals surface area contributed by atoms with Crippen molar-refractivity contribution in [3.8, 4) is 0 Å². The molecule has 0 fully saturated rings. The number of aryl methyl sites for hydroxylation is 1. The van der Waals surface area contributed by atoms with Crippen LogP contribution >= 0.6 is 0 Å². The number of halogens is 1. The molecular formula is C17H24FN3O. The summed E-state index contributed by atoms with van der Waals surface area (Å²) in [6.07, 6.45) is 4.71. The summed E-state index contributed by atoms with van der Waals surface area (Å²) in [5, 5.41) is 17.9. The molecule has 2 rings (SSSR count). The van der Waals surface area contributed by atoms with Crippen molar-refractivity contribution < 1.29 is 9.50 Å². The van der Waals surface area contributed by atoms with Crippen LogP contribution in [0.3, 0.4) is 0 Å². The first-order valence-corrected chi connectivity index (χ1v) is 7.71. The standard InChI is InChI=1S/C17H24FN3O/c1-13(8-11-21-10-3-9-19-21)20-14(2)12-17(22)15-4-6-16(18)7-5-15/h3-7,9-10,13-14,17,20,22H,8,11-12H2,1-2H3. The van der Waals surface area contributed by atoms with E-state index >= 15 is 0 Å². The van der Waals surface area contributed by atoms with Crippen LogP contribution in [0.5, 0.6) is 0 Å². The average Bonchev–Trinajstić information content (AvgIpc) is 2.99. The highest BCUT2D eigenvalue weighted by Gasteiger charge is 2.14. The summed E-state index contributed by atoms with van der Waals surface area (Å²) in [6, 6.07) is 8.45. The molecule has 2 N–H and O–H groups in total. The van der Waals surface area contributed by atoms with Gasteiger partial charge in [-0.15, -0.1) is 0 Å². The molecular weight excluding hydrogens is 281 g/mol. The number of aromatic nitrogens is 2. The van der Waals surface area contributed by atoms with Crippen molar-refractivity contribution in [2.75, 3.05) is 0 Å². The third-order valence-electron chi connectivity index (χ3n) is 3.75. The number of hydrogen-bond acceptors (Lipinski definition) is 3. The molecule has 4 nitrogen and oxygen atoms in total. The average molecular weight is 305 g/mol. The van der Waals surface area contributed by atoms with Gasteiger partial charge in [-0.05, 0) is 50.5 Å². The third-order valence-corrected chi connectivity index (χ3v) is 3.75. The van der Waals surface area contributed by atoms with Crippen LogP contribution < -0.4 is 5.32 Å². The van der Waals surface area contributed by atoms with Crippen LogP contribution in [-0.2, 0) is 6.54 Å². The van der Waals surface area contributed by atoms with Crippen molar-refractivity contribution in [2.24, 2.45) is 0 Å². The fourth-order valence-electron chi connectivity index (χ4n) is 2.55. The Hall–Kier alpha value is -1.72. The highest BCUT2D eigenvalue weighted by atomic mass is 19.1. The van der Waals surface area contributed by atoms with Crippen molar-refractivity contribution in [1.29, 1.82) is 0 Å². The van der Waals surface area contributed by atoms with Crippen molar-refractivity contribution in [3.63, 3.8) is 0 Å². The first-order chi connectivity index (χ1) is 10.5. The minimum atomic E-state index is -0.582. The molecule has 120 valence electrons. The molecule has 0 saturated carbocycles. The molecule has 0 aliphatic carbocycles. The molecule has 0 saturated heterocycles. The zero-order valence-electron chi connectivity index (χ0n) is 13.1. The number of aliphatic hydroxyl groups excluding tert-OH is 1. The van der Waals surface area contributed by atoms with E-state index in [2.05, 4.69) is 24.3 Å². The molecule has 1 aromatic carbocycles. The van der Waals surface area contributed by atoms with Crippen LogP contribution in [0.25, 0.3) is 0 Å². The van der Waals surface area contributed by atoms with Crippen LogP contribution in [0.2, 0.25) is 0 Å². The second-order valence-corrected chi connectivity index (χ2v) is 5.83. The van der Waals surface area contributed by atoms with Gasteiger partial charge in [-0.2, -0.15) is 5.10 Å². The topological polar surface area (TPSA) is 50.1 Å². The summed E-state index contributed by atoms with van der Waals surface area (Å²) in [5.74, 6) is -0.283. The van der Waals surface area contributed by atoms with Gasteiger partial charge in [-0.3, -0.25) is 4.68 Å². The van der Waals surface area contributed by atoms with Gasteiger partial charge in [0.05, 0.1) is 6.10 Å². The number of hydrogen-bond donors (Lipinski definition) is 2. The Balaban J connectivity index is 1.74. The summed E-state index contributed by atoms with van der Waals surface area (Å²) < 4.78 is 14.8. The van der Waals surface area contributed by atoms with Crippen LogP contribution in [-0.4, -0.2) is 27.0 Å². The monoisotopic (exact) mass is 305 g/mol. The summed E-state index contributed by atoms with van der Waals surface area (Å²) in [6.45, 7) is 5.05. The summed E-state index contributed by atoms with van der Waals surface area (Å²) in [4.78, 5) is 0. The van der Waals surface area contributed by atoms with Crippen molar-refractivity contribution in [2.45, 2.75) is 51.4 Å². The lowest BCUT2D eigenvalue weighted by atomic mass is 10.0. The maximum Gasteiger partial charge on any atom is 0.123 e. The normalized spacial score (nSPS) is 15.5. The largest absolute Gasteiger partial charge is 0.388 e. The first-order valence-electron chi connectivity index (χ1n) is 7.71. The van der Waals surface area contributed by atoms with Crippen LogP contribution in [0.1, 0.15) is 38.4 Å². The number of aliphatic hydroxyl groups is 1. The van der Waals surface area contributed by atoms with E-state index in [1.165, 1.54) is 12.1 Å². The van der Waals surface area contributed by atoms with Gasteiger partial charge in [0.25, 0.3) is 0 Å². The summed E-state index contributed by atoms with van der Waals surface area (Å²) >= 11 is 0. The van der Waals surface area contributed by atoms with E-state index in [9.17, 15) is 9.50 Å². The van der Waals surface area contributed by atoms with Gasteiger partial charge in [-0.25, -0.2) is 4.39 Å². The van der Waals surface area contributed by atoms with Crippen molar-refractivity contribution in [3.05, 3.63) is 54.1 Å². The quantitative estimate of drug-likeness (QED) is 0.788. The minimum Gasteiger partial charge on any atom is -0.388 e. The minimum absolute atomic E-state index is 0.174. The molecule has 0 spiro atoms. The number of rotatable bonds is 8. The second-order valence-electron chi connectivity index (χ2n) is 5.83. The van der Waals surface area contributed by atoms with Crippen LogP contribution in [0.15, 0.2) is 42.7 Å². The fourth-order valence-corrected chi connectivity index (χ4v) is 2.55. The van der Waals surface area contributed by atoms with E-state index in [0.29, 0.717) is 12.5 Å². The van der Waals surface area contributed by atoms with E-state index in [1.54, 1.807) is 18.3 Å². The summed E-state index contributed by atoms with van der Waals surface area (Å²) in [7, 11) is 0. The van der Waals surface area contributed by atoms with E-state index in [1.807, 2.05) is 16.9 Å². The van der Waals surface area contributed by atoms with Gasteiger partial charge in [0.2, 0.25) is 0 Å². The van der Waals surface area contributed by atoms with Gasteiger partial charge in [0, 0.05) is 31.0 Å². The van der Waals surface area contributed by atoms with Crippen LogP contribution in [0, 0.1) is 5.82 Å². The maximum atomic E-state index is 12.9. The SMILES string of the molecule is CC(CCn1cccn1)NC(C)CC(O)c1ccc(F)cc1. The molecule has 1 heterocycles. The molecule has 5 heteroatoms. The predicted molar refractivity (Wildman–Crippen MR) is 84.9 cm³/mol. The molecule has 0 aliphatic rings. The van der Waals surface area contributed by atoms with Crippen LogP contribution in [0.4, 0.5) is 4.39 Å². The highest BCUT2D eigenvalue weighted by molar-refractivity contribution is 5.18. The zero-order chi connectivity index (χ0) is 15.9. The first kappa shape index (κ1) is 16.6. The smallest absolute Gasteiger partial charge is 0.123 e. The van der Waals surface area contributed by atoms with Crippen molar-refractivity contribution in [1.82, 2.24) is 15.1 Å². The molecule has 1 aromatic heterocycles. The van der Waals surface area contributed by atoms with Gasteiger partial charge >= 0.3 is 0 Å². The Morgan fingerprint density at radius 2 is 1.95 bits per heavy atom. The third kappa shape index (κ3) is 5.24. The molecule has 3 atom stereocenters. The lowest BCUT2D eigenvalue weighted by molar-refractivity contribution is 0.151. The second kappa shape index (κ2) is 8.06. The van der Waals surface area contributed by atoms with E-state index < -0.39 is 6.10 Å². The van der Waals surface area contributed by atoms with Gasteiger partial charge < -0.3 is 10.4 Å². The molecule has 0 radical (unpaired) electrons. The Kier molecular flexibility index (Phi) is 6.10. The lowest BCUT2D eigenvalue weighted by Crippen LogP contribution is -2.36. The molecule has 22 heavy (non-hydrogen) atoms.